The van der Waals surface area contributed by atoms with Crippen LogP contribution in [0, 0.1) is 0 Å². The Morgan fingerprint density at radius 3 is 2.45 bits per heavy atom. The van der Waals surface area contributed by atoms with E-state index in [0.717, 1.165) is 80.4 Å². The third kappa shape index (κ3) is 6.55. The average molecular weight is 665 g/mol. The highest BCUT2D eigenvalue weighted by Crippen LogP contribution is 2.41. The predicted octanol–water partition coefficient (Wildman–Crippen LogP) is 5.48. The number of benzene rings is 2. The number of carbonyl (C=O) groups is 1. The van der Waals surface area contributed by atoms with Crippen molar-refractivity contribution < 1.29 is 23.4 Å². The number of aromatic nitrogens is 3. The fourth-order valence-corrected chi connectivity index (χ4v) is 7.44. The summed E-state index contributed by atoms with van der Waals surface area (Å²) in [6.07, 6.45) is 6.37. The Hall–Kier alpha value is -5.03. The van der Waals surface area contributed by atoms with Gasteiger partial charge in [-0.3, -0.25) is 9.78 Å². The van der Waals surface area contributed by atoms with E-state index in [1.165, 1.54) is 0 Å². The molecule has 5 heterocycles. The highest BCUT2D eigenvalue weighted by atomic mass is 16.5. The Kier molecular flexibility index (Phi) is 9.43. The molecule has 11 heteroatoms. The van der Waals surface area contributed by atoms with Crippen LogP contribution in [-0.2, 0) is 12.0 Å². The first-order chi connectivity index (χ1) is 24.0. The van der Waals surface area contributed by atoms with Crippen molar-refractivity contribution in [3.8, 4) is 17.2 Å². The van der Waals surface area contributed by atoms with Gasteiger partial charge in [0.25, 0.3) is 5.91 Å². The molecule has 3 aromatic heterocycles. The molecule has 49 heavy (non-hydrogen) atoms. The second kappa shape index (κ2) is 14.2. The minimum Gasteiger partial charge on any atom is -0.493 e. The van der Waals surface area contributed by atoms with E-state index in [0.29, 0.717) is 42.4 Å². The molecule has 1 atom stereocenters. The van der Waals surface area contributed by atoms with Crippen LogP contribution in [0.1, 0.15) is 41.1 Å². The molecule has 0 aliphatic carbocycles. The molecule has 2 aliphatic heterocycles. The number of anilines is 1. The third-order valence-corrected chi connectivity index (χ3v) is 10.1. The van der Waals surface area contributed by atoms with Crippen molar-refractivity contribution in [2.24, 2.45) is 0 Å². The Labute approximate surface area is 287 Å². The van der Waals surface area contributed by atoms with Crippen LogP contribution in [0.4, 0.5) is 5.95 Å². The SMILES string of the molecule is COc1cc(C(=O)N2CCC(CCN3CCCN(c4nc5ccccc5n4Cc4ccco4)CC3)(c3ccccn3)C2)cc(OC)c1OC. The fourth-order valence-electron chi connectivity index (χ4n) is 7.44. The second-order valence-corrected chi connectivity index (χ2v) is 12.9. The predicted molar refractivity (Wildman–Crippen MR) is 188 cm³/mol. The monoisotopic (exact) mass is 664 g/mol. The molecule has 0 bridgehead atoms. The molecule has 0 spiro atoms. The van der Waals surface area contributed by atoms with Crippen LogP contribution in [0.15, 0.2) is 83.6 Å². The lowest BCUT2D eigenvalue weighted by molar-refractivity contribution is 0.0779. The van der Waals surface area contributed by atoms with Crippen LogP contribution in [-0.4, -0.2) is 97.4 Å². The minimum atomic E-state index is -0.249. The summed E-state index contributed by atoms with van der Waals surface area (Å²) in [6, 6.07) is 21.8. The second-order valence-electron chi connectivity index (χ2n) is 12.9. The molecule has 11 nitrogen and oxygen atoms in total. The van der Waals surface area contributed by atoms with Crippen molar-refractivity contribution in [3.05, 3.63) is 96.2 Å². The van der Waals surface area contributed by atoms with Gasteiger partial charge in [0.05, 0.1) is 45.2 Å². The number of methoxy groups -OCH3 is 3. The van der Waals surface area contributed by atoms with Gasteiger partial charge >= 0.3 is 0 Å². The van der Waals surface area contributed by atoms with E-state index in [2.05, 4.69) is 38.6 Å². The van der Waals surface area contributed by atoms with E-state index < -0.39 is 0 Å². The van der Waals surface area contributed by atoms with Crippen LogP contribution in [0.5, 0.6) is 17.2 Å². The van der Waals surface area contributed by atoms with Crippen LogP contribution in [0.3, 0.4) is 0 Å². The zero-order valence-electron chi connectivity index (χ0n) is 28.5. The number of hydrogen-bond acceptors (Lipinski definition) is 9. The lowest BCUT2D eigenvalue weighted by Gasteiger charge is -2.32. The smallest absolute Gasteiger partial charge is 0.254 e. The Morgan fingerprint density at radius 2 is 1.71 bits per heavy atom. The molecule has 0 N–H and O–H groups in total. The molecule has 0 saturated carbocycles. The standard InChI is InChI=1S/C38H44N6O5/c1-46-32-24-28(25-33(47-2)35(32)48-3)36(45)43-20-15-38(27-43,34-13-6-7-16-39-34)14-19-41-17-9-18-42(22-21-41)37-40-30-11-4-5-12-31(30)44(37)26-29-10-8-23-49-29/h4-8,10-13,16,23-25H,9,14-15,17-22,26-27H2,1-3H3. The molecular formula is C38H44N6O5. The first-order valence-corrected chi connectivity index (χ1v) is 17.0. The van der Waals surface area contributed by atoms with Gasteiger partial charge in [-0.1, -0.05) is 18.2 Å². The van der Waals surface area contributed by atoms with Gasteiger partial charge in [0, 0.05) is 55.6 Å². The van der Waals surface area contributed by atoms with E-state index in [1.807, 2.05) is 41.4 Å². The van der Waals surface area contributed by atoms with E-state index in [4.69, 9.17) is 28.6 Å². The summed E-state index contributed by atoms with van der Waals surface area (Å²) in [4.78, 5) is 30.8. The number of fused-ring (bicyclic) bond motifs is 1. The van der Waals surface area contributed by atoms with Gasteiger partial charge in [0.1, 0.15) is 5.76 Å². The number of ether oxygens (including phenoxy) is 3. The van der Waals surface area contributed by atoms with Gasteiger partial charge in [-0.25, -0.2) is 4.98 Å². The van der Waals surface area contributed by atoms with Gasteiger partial charge in [0.2, 0.25) is 11.7 Å². The number of furan rings is 1. The number of para-hydroxylation sites is 2. The number of hydrogen-bond donors (Lipinski definition) is 0. The molecule has 256 valence electrons. The van der Waals surface area contributed by atoms with Crippen LogP contribution < -0.4 is 19.1 Å². The molecule has 1 amide bonds. The minimum absolute atomic E-state index is 0.0556. The molecule has 2 fully saturated rings. The molecule has 2 saturated heterocycles. The summed E-state index contributed by atoms with van der Waals surface area (Å²) in [5.74, 6) is 3.24. The van der Waals surface area contributed by atoms with E-state index in [-0.39, 0.29) is 11.3 Å². The van der Waals surface area contributed by atoms with Crippen molar-refractivity contribution in [1.82, 2.24) is 24.3 Å². The number of imidazole rings is 1. The Bertz CT molecular complexity index is 1850. The maximum Gasteiger partial charge on any atom is 0.254 e. The van der Waals surface area contributed by atoms with E-state index in [9.17, 15) is 4.79 Å². The van der Waals surface area contributed by atoms with Gasteiger partial charge < -0.3 is 37.9 Å². The maximum absolute atomic E-state index is 13.9. The van der Waals surface area contributed by atoms with Crippen molar-refractivity contribution in [3.63, 3.8) is 0 Å². The average Bonchev–Trinajstić information content (AvgIpc) is 3.87. The fraction of sp³-hybridized carbons (Fsp3) is 0.395. The van der Waals surface area contributed by atoms with Gasteiger partial charge in [-0.15, -0.1) is 0 Å². The third-order valence-electron chi connectivity index (χ3n) is 10.1. The largest absolute Gasteiger partial charge is 0.493 e. The molecule has 1 unspecified atom stereocenters. The van der Waals surface area contributed by atoms with Crippen LogP contribution in [0.25, 0.3) is 11.0 Å². The van der Waals surface area contributed by atoms with Gasteiger partial charge in [0.15, 0.2) is 11.5 Å². The van der Waals surface area contributed by atoms with Gasteiger partial charge in [-0.05, 0) is 80.9 Å². The van der Waals surface area contributed by atoms with Crippen molar-refractivity contribution in [2.45, 2.75) is 31.2 Å². The Morgan fingerprint density at radius 1 is 0.898 bits per heavy atom. The summed E-state index contributed by atoms with van der Waals surface area (Å²) in [6.45, 7) is 6.53. The summed E-state index contributed by atoms with van der Waals surface area (Å²) < 4.78 is 24.5. The van der Waals surface area contributed by atoms with E-state index in [1.54, 1.807) is 39.7 Å². The van der Waals surface area contributed by atoms with E-state index >= 15 is 0 Å². The van der Waals surface area contributed by atoms with Crippen LogP contribution >= 0.6 is 0 Å². The quantitative estimate of drug-likeness (QED) is 0.182. The number of likely N-dealkylation sites (tertiary alicyclic amines) is 1. The molecule has 2 aliphatic rings. The summed E-state index contributed by atoms with van der Waals surface area (Å²) in [5.41, 5.74) is 3.41. The molecule has 2 aromatic carbocycles. The number of carbonyl (C=O) groups excluding carboxylic acids is 1. The summed E-state index contributed by atoms with van der Waals surface area (Å²) >= 11 is 0. The highest BCUT2D eigenvalue weighted by Gasteiger charge is 2.43. The summed E-state index contributed by atoms with van der Waals surface area (Å²) in [5, 5.41) is 0. The molecule has 0 radical (unpaired) electrons. The highest BCUT2D eigenvalue weighted by molar-refractivity contribution is 5.96. The molecule has 5 aromatic rings. The zero-order chi connectivity index (χ0) is 33.8. The van der Waals surface area contributed by atoms with Crippen LogP contribution in [0.2, 0.25) is 0 Å². The van der Waals surface area contributed by atoms with Crippen molar-refractivity contribution in [2.75, 3.05) is 72.0 Å². The topological polar surface area (TPSA) is 98.3 Å². The number of pyridine rings is 1. The summed E-state index contributed by atoms with van der Waals surface area (Å²) in [7, 11) is 4.68. The van der Waals surface area contributed by atoms with Gasteiger partial charge in [-0.2, -0.15) is 0 Å². The van der Waals surface area contributed by atoms with Crippen molar-refractivity contribution >= 4 is 22.9 Å². The first-order valence-electron chi connectivity index (χ1n) is 17.0. The number of rotatable bonds is 11. The number of nitrogens with zero attached hydrogens (tertiary/aromatic N) is 6. The normalized spacial score (nSPS) is 18.5. The first kappa shape index (κ1) is 32.5. The lowest BCUT2D eigenvalue weighted by atomic mass is 9.79. The molecule has 7 rings (SSSR count). The number of amides is 1. The maximum atomic E-state index is 13.9. The molecular weight excluding hydrogens is 620 g/mol. The Balaban J connectivity index is 1.07. The lowest BCUT2D eigenvalue weighted by Crippen LogP contribution is -2.39. The van der Waals surface area contributed by atoms with Crippen molar-refractivity contribution in [1.29, 1.82) is 0 Å². The zero-order valence-corrected chi connectivity index (χ0v) is 28.5.